The molecule has 0 bridgehead atoms. The van der Waals surface area contributed by atoms with Crippen LogP contribution in [0.1, 0.15) is 82.5 Å². The van der Waals surface area contributed by atoms with Crippen LogP contribution >= 0.6 is 0 Å². The highest BCUT2D eigenvalue weighted by atomic mass is 19.1. The number of rotatable bonds is 6. The van der Waals surface area contributed by atoms with Gasteiger partial charge in [0.1, 0.15) is 12.4 Å². The van der Waals surface area contributed by atoms with Gasteiger partial charge in [-0.1, -0.05) is 11.1 Å². The largest absolute Gasteiger partial charge is 0.443 e. The summed E-state index contributed by atoms with van der Waals surface area (Å²) in [4.78, 5) is 16.7. The molecule has 2 N–H and O–H groups in total. The fourth-order valence-electron chi connectivity index (χ4n) is 6.79. The van der Waals surface area contributed by atoms with Crippen LogP contribution < -0.4 is 5.73 Å². The molecule has 1 amide bonds. The Morgan fingerprint density at radius 3 is 2.36 bits per heavy atom. The van der Waals surface area contributed by atoms with E-state index in [1.807, 2.05) is 6.07 Å². The van der Waals surface area contributed by atoms with E-state index in [-0.39, 0.29) is 12.4 Å². The van der Waals surface area contributed by atoms with E-state index in [9.17, 15) is 9.18 Å². The first-order chi connectivity index (χ1) is 17.4. The lowest BCUT2D eigenvalue weighted by atomic mass is 9.86. The van der Waals surface area contributed by atoms with Gasteiger partial charge in [-0.25, -0.2) is 9.18 Å². The lowest BCUT2D eigenvalue weighted by molar-refractivity contribution is 0.113. The zero-order valence-corrected chi connectivity index (χ0v) is 21.9. The predicted octanol–water partition coefficient (Wildman–Crippen LogP) is 5.89. The molecule has 3 aliphatic rings. The molecular weight excluding hydrogens is 455 g/mol. The fraction of sp³-hybridized carbons (Fsp3) is 0.621. The monoisotopic (exact) mass is 496 g/mol. The number of likely N-dealkylation sites (tertiary alicyclic amines) is 2. The average Bonchev–Trinajstić information content (AvgIpc) is 3.49. The molecule has 1 saturated carbocycles. The van der Waals surface area contributed by atoms with Crippen molar-refractivity contribution < 1.29 is 13.9 Å². The van der Waals surface area contributed by atoms with Gasteiger partial charge < -0.3 is 19.9 Å². The first-order valence-corrected chi connectivity index (χ1v) is 13.8. The summed E-state index contributed by atoms with van der Waals surface area (Å²) in [7, 11) is 0. The number of nitrogens with zero attached hydrogens (tertiary/aromatic N) is 3. The molecule has 6 nitrogen and oxygen atoms in total. The molecule has 196 valence electrons. The number of halogens is 1. The maximum atomic E-state index is 14.4. The van der Waals surface area contributed by atoms with Crippen molar-refractivity contribution in [1.29, 1.82) is 0 Å². The van der Waals surface area contributed by atoms with E-state index in [1.54, 1.807) is 17.7 Å². The quantitative estimate of drug-likeness (QED) is 0.507. The van der Waals surface area contributed by atoms with E-state index in [1.165, 1.54) is 44.1 Å². The van der Waals surface area contributed by atoms with Crippen molar-refractivity contribution in [1.82, 2.24) is 14.4 Å². The highest BCUT2D eigenvalue weighted by Gasteiger charge is 2.31. The Bertz CT molecular complexity index is 1110. The zero-order valence-electron chi connectivity index (χ0n) is 21.9. The van der Waals surface area contributed by atoms with Crippen molar-refractivity contribution in [3.8, 4) is 0 Å². The summed E-state index contributed by atoms with van der Waals surface area (Å²) in [5, 5.41) is 0.939. The Balaban J connectivity index is 1.40. The van der Waals surface area contributed by atoms with Gasteiger partial charge in [0, 0.05) is 42.6 Å². The number of primary amides is 1. The normalized spacial score (nSPS) is 22.4. The number of benzene rings is 1. The summed E-state index contributed by atoms with van der Waals surface area (Å²) >= 11 is 0. The Labute approximate surface area is 214 Å². The molecule has 1 aliphatic carbocycles. The van der Waals surface area contributed by atoms with Crippen molar-refractivity contribution in [3.05, 3.63) is 46.4 Å². The highest BCUT2D eigenvalue weighted by Crippen LogP contribution is 2.38. The molecular formula is C29H41FN4O2. The van der Waals surface area contributed by atoms with Crippen molar-refractivity contribution in [2.75, 3.05) is 26.2 Å². The first-order valence-electron chi connectivity index (χ1n) is 13.8. The maximum Gasteiger partial charge on any atom is 0.404 e. The van der Waals surface area contributed by atoms with Gasteiger partial charge in [0.2, 0.25) is 0 Å². The van der Waals surface area contributed by atoms with Crippen LogP contribution in [0.5, 0.6) is 0 Å². The van der Waals surface area contributed by atoms with E-state index in [0.717, 1.165) is 67.7 Å². The molecule has 2 aliphatic heterocycles. The SMILES string of the molecule is CC(C)=C1CCC(N2CCC(n3c(COC(N)=O)c(CN4CCCC4)c4cc(F)ccc43)CC2)CC1. The topological polar surface area (TPSA) is 63.7 Å². The summed E-state index contributed by atoms with van der Waals surface area (Å²) in [6.45, 7) is 9.59. The smallest absolute Gasteiger partial charge is 0.404 e. The molecule has 7 heteroatoms. The molecule has 1 aromatic heterocycles. The van der Waals surface area contributed by atoms with Gasteiger partial charge in [-0.3, -0.25) is 4.90 Å². The molecule has 0 atom stereocenters. The van der Waals surface area contributed by atoms with Gasteiger partial charge in [0.15, 0.2) is 0 Å². The van der Waals surface area contributed by atoms with E-state index < -0.39 is 6.09 Å². The number of allylic oxidation sites excluding steroid dienone is 2. The van der Waals surface area contributed by atoms with E-state index in [4.69, 9.17) is 10.5 Å². The van der Waals surface area contributed by atoms with Gasteiger partial charge in [0.25, 0.3) is 0 Å². The second-order valence-corrected chi connectivity index (χ2v) is 11.1. The van der Waals surface area contributed by atoms with Crippen LogP contribution in [0.3, 0.4) is 0 Å². The van der Waals surface area contributed by atoms with Gasteiger partial charge >= 0.3 is 6.09 Å². The molecule has 0 radical (unpaired) electrons. The van der Waals surface area contributed by atoms with Crippen molar-refractivity contribution >= 4 is 17.0 Å². The van der Waals surface area contributed by atoms with Crippen LogP contribution in [0.25, 0.3) is 10.9 Å². The lowest BCUT2D eigenvalue weighted by Crippen LogP contribution is -2.43. The Hall–Kier alpha value is -2.38. The number of aromatic nitrogens is 1. The molecule has 0 spiro atoms. The third kappa shape index (κ3) is 5.32. The minimum absolute atomic E-state index is 0.128. The van der Waals surface area contributed by atoms with Crippen LogP contribution in [0, 0.1) is 5.82 Å². The molecule has 2 aromatic rings. The minimum atomic E-state index is -0.770. The number of amides is 1. The molecule has 3 fully saturated rings. The minimum Gasteiger partial charge on any atom is -0.443 e. The predicted molar refractivity (Wildman–Crippen MR) is 141 cm³/mol. The number of carbonyl (C=O) groups excluding carboxylic acids is 1. The van der Waals surface area contributed by atoms with Crippen LogP contribution in [0.2, 0.25) is 0 Å². The van der Waals surface area contributed by atoms with E-state index in [2.05, 4.69) is 28.2 Å². The van der Waals surface area contributed by atoms with Gasteiger partial charge in [-0.05, 0) is 102 Å². The summed E-state index contributed by atoms with van der Waals surface area (Å²) in [5.74, 6) is -0.229. The highest BCUT2D eigenvalue weighted by molar-refractivity contribution is 5.86. The molecule has 2 saturated heterocycles. The fourth-order valence-corrected chi connectivity index (χ4v) is 6.79. The van der Waals surface area contributed by atoms with Crippen LogP contribution in [-0.4, -0.2) is 52.7 Å². The Kier molecular flexibility index (Phi) is 7.68. The average molecular weight is 497 g/mol. The summed E-state index contributed by atoms with van der Waals surface area (Å²) in [6.07, 6.45) is 8.67. The molecule has 3 heterocycles. The van der Waals surface area contributed by atoms with Crippen LogP contribution in [0.15, 0.2) is 29.3 Å². The van der Waals surface area contributed by atoms with E-state index >= 15 is 0 Å². The molecule has 0 unspecified atom stereocenters. The second-order valence-electron chi connectivity index (χ2n) is 11.1. The van der Waals surface area contributed by atoms with Gasteiger partial charge in [-0.2, -0.15) is 0 Å². The standard InChI is InChI=1S/C29H41FN4O2/c1-20(2)21-5-8-23(9-6-21)33-15-11-24(12-16-33)34-27-10-7-22(30)17-25(27)26(18-32-13-3-4-14-32)28(34)19-36-29(31)35/h7,10,17,23-24H,3-6,8-9,11-16,18-19H2,1-2H3,(H2,31,35). The lowest BCUT2D eigenvalue weighted by Gasteiger charge is -2.40. The van der Waals surface area contributed by atoms with Crippen molar-refractivity contribution in [2.45, 2.75) is 90.4 Å². The number of fused-ring (bicyclic) bond motifs is 1. The summed E-state index contributed by atoms with van der Waals surface area (Å²) in [6, 6.07) is 6.08. The molecule has 1 aromatic carbocycles. The number of carbonyl (C=O) groups is 1. The molecule has 36 heavy (non-hydrogen) atoms. The number of hydrogen-bond donors (Lipinski definition) is 1. The maximum absolute atomic E-state index is 14.4. The Morgan fingerprint density at radius 1 is 1.03 bits per heavy atom. The number of ether oxygens (including phenoxy) is 1. The zero-order chi connectivity index (χ0) is 25.2. The number of hydrogen-bond acceptors (Lipinski definition) is 4. The van der Waals surface area contributed by atoms with Crippen molar-refractivity contribution in [2.24, 2.45) is 5.73 Å². The van der Waals surface area contributed by atoms with Crippen LogP contribution in [0.4, 0.5) is 9.18 Å². The first kappa shape index (κ1) is 25.3. The third-order valence-corrected chi connectivity index (χ3v) is 8.76. The van der Waals surface area contributed by atoms with Crippen LogP contribution in [-0.2, 0) is 17.9 Å². The Morgan fingerprint density at radius 2 is 1.72 bits per heavy atom. The van der Waals surface area contributed by atoms with E-state index in [0.29, 0.717) is 12.1 Å². The van der Waals surface area contributed by atoms with Gasteiger partial charge in [-0.15, -0.1) is 0 Å². The van der Waals surface area contributed by atoms with Crippen molar-refractivity contribution in [3.63, 3.8) is 0 Å². The summed E-state index contributed by atoms with van der Waals surface area (Å²) < 4.78 is 22.1. The molecule has 5 rings (SSSR count). The van der Waals surface area contributed by atoms with Gasteiger partial charge in [0.05, 0.1) is 5.69 Å². The third-order valence-electron chi connectivity index (χ3n) is 8.76. The number of nitrogens with two attached hydrogens (primary N) is 1. The number of piperidine rings is 1. The second kappa shape index (κ2) is 10.9. The summed E-state index contributed by atoms with van der Waals surface area (Å²) in [5.41, 5.74) is 11.6.